The maximum atomic E-state index is 12.7. The van der Waals surface area contributed by atoms with Gasteiger partial charge in [0.05, 0.1) is 42.1 Å². The van der Waals surface area contributed by atoms with E-state index in [-0.39, 0.29) is 18.0 Å². The molecule has 0 saturated carbocycles. The lowest BCUT2D eigenvalue weighted by Gasteiger charge is -2.15. The minimum Gasteiger partial charge on any atom is -0.472 e. The zero-order valence-electron chi connectivity index (χ0n) is 23.9. The van der Waals surface area contributed by atoms with Gasteiger partial charge in [0.15, 0.2) is 0 Å². The van der Waals surface area contributed by atoms with Crippen molar-refractivity contribution in [3.63, 3.8) is 0 Å². The second-order valence-electron chi connectivity index (χ2n) is 10.5. The van der Waals surface area contributed by atoms with Crippen molar-refractivity contribution in [3.8, 4) is 11.1 Å². The standard InChI is InChI=1S/C35H33N5O2/c1-21(2)12-26(14-23(4)39-34(41)15-24-8-6-5-7-9-24)27-16-29(31(36)13-22(27)3)35(37)32-17-28-30(25-10-11-42-20-25)18-38-19-33(28)40-32/h5-14,16-20,37,40H,1,15,36H2,2-4H3,(H,39,41)/b23-14+,26-12+,37-35?. The van der Waals surface area contributed by atoms with E-state index in [1.165, 1.54) is 0 Å². The molecule has 5 aromatic rings. The Morgan fingerprint density at radius 3 is 2.60 bits per heavy atom. The Labute approximate surface area is 245 Å². The highest BCUT2D eigenvalue weighted by atomic mass is 16.3. The van der Waals surface area contributed by atoms with Crippen molar-refractivity contribution in [1.29, 1.82) is 5.41 Å². The van der Waals surface area contributed by atoms with Gasteiger partial charge in [-0.2, -0.15) is 0 Å². The predicted molar refractivity (Wildman–Crippen MR) is 170 cm³/mol. The maximum Gasteiger partial charge on any atom is 0.228 e. The lowest BCUT2D eigenvalue weighted by atomic mass is 9.92. The number of H-pyrrole nitrogens is 1. The number of hydrogen-bond donors (Lipinski definition) is 4. The van der Waals surface area contributed by atoms with Gasteiger partial charge in [-0.05, 0) is 73.4 Å². The number of furan rings is 1. The first-order valence-corrected chi connectivity index (χ1v) is 13.6. The second kappa shape index (κ2) is 12.0. The molecule has 0 spiro atoms. The van der Waals surface area contributed by atoms with Gasteiger partial charge < -0.3 is 20.5 Å². The number of pyridine rings is 1. The summed E-state index contributed by atoms with van der Waals surface area (Å²) in [5.74, 6) is -0.0933. The van der Waals surface area contributed by atoms with E-state index in [9.17, 15) is 4.79 Å². The number of nitrogens with one attached hydrogen (secondary N) is 3. The van der Waals surface area contributed by atoms with Gasteiger partial charge in [0.2, 0.25) is 5.91 Å². The van der Waals surface area contributed by atoms with E-state index in [0.29, 0.717) is 22.6 Å². The molecule has 3 aromatic heterocycles. The van der Waals surface area contributed by atoms with E-state index >= 15 is 0 Å². The Kier molecular flexibility index (Phi) is 8.02. The molecule has 210 valence electrons. The molecule has 0 aliphatic carbocycles. The number of nitrogens with two attached hydrogens (primary N) is 1. The zero-order chi connectivity index (χ0) is 29.8. The summed E-state index contributed by atoms with van der Waals surface area (Å²) in [7, 11) is 0. The summed E-state index contributed by atoms with van der Waals surface area (Å²) in [5, 5.41) is 13.0. The molecule has 1 amide bonds. The van der Waals surface area contributed by atoms with E-state index in [4.69, 9.17) is 15.6 Å². The number of rotatable bonds is 9. The third kappa shape index (κ3) is 6.15. The Morgan fingerprint density at radius 1 is 1.10 bits per heavy atom. The van der Waals surface area contributed by atoms with Crippen molar-refractivity contribution in [2.24, 2.45) is 0 Å². The molecule has 2 aromatic carbocycles. The fraction of sp³-hybridized carbons (Fsp3) is 0.114. The maximum absolute atomic E-state index is 12.7. The minimum atomic E-state index is -0.0933. The van der Waals surface area contributed by atoms with Crippen molar-refractivity contribution in [2.75, 3.05) is 5.73 Å². The SMILES string of the molecule is C=C(C)/C=C(\C=C(/C)NC(=O)Cc1ccccc1)c1cc(C(=N)c2cc3c(-c4ccoc4)cncc3[nH]2)c(N)cc1C. The molecule has 0 aliphatic rings. The van der Waals surface area contributed by atoms with Crippen LogP contribution in [-0.4, -0.2) is 21.6 Å². The molecule has 7 nitrogen and oxygen atoms in total. The molecular formula is C35H33N5O2. The van der Waals surface area contributed by atoms with Gasteiger partial charge in [-0.1, -0.05) is 48.6 Å². The first-order valence-electron chi connectivity index (χ1n) is 13.6. The van der Waals surface area contributed by atoms with Crippen molar-refractivity contribution in [2.45, 2.75) is 27.2 Å². The van der Waals surface area contributed by atoms with Crippen LogP contribution in [0.25, 0.3) is 27.6 Å². The summed E-state index contributed by atoms with van der Waals surface area (Å²) in [6.45, 7) is 9.83. The summed E-state index contributed by atoms with van der Waals surface area (Å²) in [6, 6.07) is 17.3. The number of carbonyl (C=O) groups excluding carboxylic acids is 1. The molecule has 3 heterocycles. The van der Waals surface area contributed by atoms with Gasteiger partial charge in [0, 0.05) is 39.7 Å². The average Bonchev–Trinajstić information content (AvgIpc) is 3.63. The fourth-order valence-corrected chi connectivity index (χ4v) is 5.01. The monoisotopic (exact) mass is 555 g/mol. The predicted octanol–water partition coefficient (Wildman–Crippen LogP) is 7.35. The van der Waals surface area contributed by atoms with E-state index < -0.39 is 0 Å². The van der Waals surface area contributed by atoms with Gasteiger partial charge in [-0.15, -0.1) is 0 Å². The molecule has 0 radical (unpaired) electrons. The quantitative estimate of drug-likeness (QED) is 0.0863. The summed E-state index contributed by atoms with van der Waals surface area (Å²) in [5.41, 5.74) is 16.3. The fourth-order valence-electron chi connectivity index (χ4n) is 5.01. The second-order valence-corrected chi connectivity index (χ2v) is 10.5. The van der Waals surface area contributed by atoms with Crippen LogP contribution < -0.4 is 11.1 Å². The number of aromatic nitrogens is 2. The summed E-state index contributed by atoms with van der Waals surface area (Å²) in [4.78, 5) is 20.4. The number of nitrogen functional groups attached to an aromatic ring is 1. The zero-order valence-corrected chi connectivity index (χ0v) is 23.9. The lowest BCUT2D eigenvalue weighted by Crippen LogP contribution is -2.23. The van der Waals surface area contributed by atoms with Crippen LogP contribution in [0.15, 0.2) is 114 Å². The first kappa shape index (κ1) is 28.1. The molecule has 0 aliphatic heterocycles. The summed E-state index contributed by atoms with van der Waals surface area (Å²) < 4.78 is 5.27. The highest BCUT2D eigenvalue weighted by molar-refractivity contribution is 6.16. The van der Waals surface area contributed by atoms with Crippen LogP contribution in [0, 0.1) is 12.3 Å². The van der Waals surface area contributed by atoms with Crippen LogP contribution in [-0.2, 0) is 11.2 Å². The van der Waals surface area contributed by atoms with E-state index in [1.54, 1.807) is 24.9 Å². The van der Waals surface area contributed by atoms with Gasteiger partial charge in [0.1, 0.15) is 0 Å². The topological polar surface area (TPSA) is 121 Å². The number of anilines is 1. The smallest absolute Gasteiger partial charge is 0.228 e. The van der Waals surface area contributed by atoms with Crippen molar-refractivity contribution in [1.82, 2.24) is 15.3 Å². The van der Waals surface area contributed by atoms with Crippen LogP contribution in [0.5, 0.6) is 0 Å². The van der Waals surface area contributed by atoms with Crippen LogP contribution in [0.4, 0.5) is 5.69 Å². The van der Waals surface area contributed by atoms with Gasteiger partial charge in [-0.25, -0.2) is 0 Å². The van der Waals surface area contributed by atoms with Crippen LogP contribution in [0.1, 0.15) is 41.8 Å². The van der Waals surface area contributed by atoms with Gasteiger partial charge in [-0.3, -0.25) is 15.2 Å². The number of aromatic amines is 1. The Morgan fingerprint density at radius 2 is 1.88 bits per heavy atom. The van der Waals surface area contributed by atoms with Crippen molar-refractivity contribution < 1.29 is 9.21 Å². The number of nitrogens with zero attached hydrogens (tertiary/aromatic N) is 1. The summed E-state index contributed by atoms with van der Waals surface area (Å²) >= 11 is 0. The highest BCUT2D eigenvalue weighted by Gasteiger charge is 2.17. The number of amides is 1. The molecule has 0 unspecified atom stereocenters. The molecule has 5 rings (SSSR count). The molecule has 0 atom stereocenters. The van der Waals surface area contributed by atoms with Crippen LogP contribution in [0.2, 0.25) is 0 Å². The van der Waals surface area contributed by atoms with Crippen molar-refractivity contribution in [3.05, 3.63) is 137 Å². The van der Waals surface area contributed by atoms with E-state index in [1.807, 2.05) is 87.5 Å². The first-order chi connectivity index (χ1) is 20.2. The molecule has 5 N–H and O–H groups in total. The number of benzene rings is 2. The molecule has 42 heavy (non-hydrogen) atoms. The number of fused-ring (bicyclic) bond motifs is 1. The van der Waals surface area contributed by atoms with Crippen LogP contribution in [0.3, 0.4) is 0 Å². The van der Waals surface area contributed by atoms with Gasteiger partial charge in [0.25, 0.3) is 0 Å². The molecule has 0 bridgehead atoms. The average molecular weight is 556 g/mol. The Hall–Kier alpha value is -5.43. The molecule has 0 saturated heterocycles. The lowest BCUT2D eigenvalue weighted by molar-refractivity contribution is -0.119. The molecule has 0 fully saturated rings. The Balaban J connectivity index is 1.48. The number of carbonyl (C=O) groups is 1. The largest absolute Gasteiger partial charge is 0.472 e. The summed E-state index contributed by atoms with van der Waals surface area (Å²) in [6.07, 6.45) is 11.0. The van der Waals surface area contributed by atoms with E-state index in [2.05, 4.69) is 21.9 Å². The van der Waals surface area contributed by atoms with Crippen molar-refractivity contribution >= 4 is 33.8 Å². The highest BCUT2D eigenvalue weighted by Crippen LogP contribution is 2.32. The third-order valence-electron chi connectivity index (χ3n) is 6.94. The minimum absolute atomic E-state index is 0.0933. The van der Waals surface area contributed by atoms with Crippen LogP contribution >= 0.6 is 0 Å². The van der Waals surface area contributed by atoms with Gasteiger partial charge >= 0.3 is 0 Å². The normalized spacial score (nSPS) is 12.0. The number of aryl methyl sites for hydroxylation is 1. The third-order valence-corrected chi connectivity index (χ3v) is 6.94. The molecular weight excluding hydrogens is 522 g/mol. The number of allylic oxidation sites excluding steroid dienone is 5. The Bertz CT molecular complexity index is 1860. The number of hydrogen-bond acceptors (Lipinski definition) is 5. The molecule has 7 heteroatoms. The van der Waals surface area contributed by atoms with E-state index in [0.717, 1.165) is 49.9 Å².